The van der Waals surface area contributed by atoms with E-state index in [1.807, 2.05) is 55.5 Å². The van der Waals surface area contributed by atoms with Crippen LogP contribution < -0.4 is 10.6 Å². The van der Waals surface area contributed by atoms with Gasteiger partial charge in [-0.05, 0) is 61.0 Å². The number of aryl methyl sites for hydroxylation is 1. The molecule has 3 aromatic heterocycles. The summed E-state index contributed by atoms with van der Waals surface area (Å²) in [5.74, 6) is 0.290. The first-order valence-corrected chi connectivity index (χ1v) is 10.8. The molecule has 0 saturated heterocycles. The van der Waals surface area contributed by atoms with E-state index in [2.05, 4.69) is 30.6 Å². The van der Waals surface area contributed by atoms with E-state index in [1.165, 1.54) is 11.3 Å². The number of amides is 1. The Morgan fingerprint density at radius 1 is 1.00 bits per heavy atom. The maximum Gasteiger partial charge on any atom is 0.255 e. The van der Waals surface area contributed by atoms with Gasteiger partial charge in [0.2, 0.25) is 5.95 Å². The first kappa shape index (κ1) is 19.8. The van der Waals surface area contributed by atoms with E-state index in [0.717, 1.165) is 32.7 Å². The van der Waals surface area contributed by atoms with Crippen LogP contribution in [0, 0.1) is 6.92 Å². The lowest BCUT2D eigenvalue weighted by atomic mass is 10.1. The van der Waals surface area contributed by atoms with Crippen molar-refractivity contribution in [2.24, 2.45) is 0 Å². The monoisotopic (exact) mass is 438 g/mol. The molecule has 5 aromatic rings. The molecule has 32 heavy (non-hydrogen) atoms. The van der Waals surface area contributed by atoms with Gasteiger partial charge in [0.25, 0.3) is 5.91 Å². The molecule has 1 amide bonds. The van der Waals surface area contributed by atoms with Gasteiger partial charge in [0.15, 0.2) is 0 Å². The van der Waals surface area contributed by atoms with Crippen molar-refractivity contribution in [3.8, 4) is 11.3 Å². The standard InChI is InChI=1S/C24H18N6OS/c1-15-4-6-18(28-23(31)16-5-7-20-22(11-16)32-14-27-20)12-21(15)30-24-26-10-8-19(29-24)17-3-2-9-25-13-17/h2-14H,1H3,(H,28,31)(H,26,29,30). The van der Waals surface area contributed by atoms with Crippen molar-refractivity contribution in [3.05, 3.63) is 89.8 Å². The highest BCUT2D eigenvalue weighted by Gasteiger charge is 2.10. The minimum absolute atomic E-state index is 0.176. The molecule has 7 nitrogen and oxygen atoms in total. The number of hydrogen-bond acceptors (Lipinski definition) is 7. The lowest BCUT2D eigenvalue weighted by molar-refractivity contribution is 0.102. The van der Waals surface area contributed by atoms with Gasteiger partial charge in [-0.15, -0.1) is 11.3 Å². The van der Waals surface area contributed by atoms with Crippen molar-refractivity contribution in [2.45, 2.75) is 6.92 Å². The summed E-state index contributed by atoms with van der Waals surface area (Å²) in [5.41, 5.74) is 7.43. The Balaban J connectivity index is 1.36. The molecule has 0 aliphatic rings. The third kappa shape index (κ3) is 4.17. The predicted molar refractivity (Wildman–Crippen MR) is 127 cm³/mol. The van der Waals surface area contributed by atoms with Crippen molar-refractivity contribution in [2.75, 3.05) is 10.6 Å². The highest BCUT2D eigenvalue weighted by Crippen LogP contribution is 2.25. The zero-order valence-corrected chi connectivity index (χ0v) is 17.9. The summed E-state index contributed by atoms with van der Waals surface area (Å²) in [5, 5.41) is 6.22. The molecule has 0 bridgehead atoms. The second-order valence-corrected chi connectivity index (χ2v) is 8.04. The summed E-state index contributed by atoms with van der Waals surface area (Å²) in [6.45, 7) is 1.98. The summed E-state index contributed by atoms with van der Waals surface area (Å²) in [7, 11) is 0. The smallest absolute Gasteiger partial charge is 0.255 e. The van der Waals surface area contributed by atoms with Gasteiger partial charge in [0.05, 0.1) is 21.4 Å². The quantitative estimate of drug-likeness (QED) is 0.379. The van der Waals surface area contributed by atoms with Crippen LogP contribution in [0.2, 0.25) is 0 Å². The van der Waals surface area contributed by atoms with Crippen LogP contribution in [-0.4, -0.2) is 25.8 Å². The Kier molecular flexibility index (Phi) is 5.27. The van der Waals surface area contributed by atoms with E-state index in [-0.39, 0.29) is 5.91 Å². The largest absolute Gasteiger partial charge is 0.324 e. The number of pyridine rings is 1. The Morgan fingerprint density at radius 2 is 1.94 bits per heavy atom. The second-order valence-electron chi connectivity index (χ2n) is 7.15. The zero-order valence-electron chi connectivity index (χ0n) is 17.1. The zero-order chi connectivity index (χ0) is 21.9. The van der Waals surface area contributed by atoms with Gasteiger partial charge in [-0.25, -0.2) is 15.0 Å². The Bertz CT molecular complexity index is 1420. The van der Waals surface area contributed by atoms with Crippen molar-refractivity contribution in [1.29, 1.82) is 0 Å². The third-order valence-corrected chi connectivity index (χ3v) is 5.74. The molecule has 0 unspecified atom stereocenters. The molecule has 5 rings (SSSR count). The molecule has 156 valence electrons. The number of fused-ring (bicyclic) bond motifs is 1. The van der Waals surface area contributed by atoms with Crippen molar-refractivity contribution in [3.63, 3.8) is 0 Å². The van der Waals surface area contributed by atoms with Crippen molar-refractivity contribution < 1.29 is 4.79 Å². The third-order valence-electron chi connectivity index (χ3n) is 4.95. The van der Waals surface area contributed by atoms with Crippen LogP contribution in [0.25, 0.3) is 21.5 Å². The number of anilines is 3. The maximum atomic E-state index is 12.8. The van der Waals surface area contributed by atoms with Crippen molar-refractivity contribution >= 4 is 44.8 Å². The van der Waals surface area contributed by atoms with E-state index in [4.69, 9.17) is 0 Å². The van der Waals surface area contributed by atoms with Crippen LogP contribution in [0.4, 0.5) is 17.3 Å². The normalized spacial score (nSPS) is 10.8. The van der Waals surface area contributed by atoms with Crippen molar-refractivity contribution in [1.82, 2.24) is 19.9 Å². The number of thiazole rings is 1. The minimum Gasteiger partial charge on any atom is -0.324 e. The SMILES string of the molecule is Cc1ccc(NC(=O)c2ccc3ncsc3c2)cc1Nc1nccc(-c2cccnc2)n1. The van der Waals surface area contributed by atoms with Crippen LogP contribution in [0.3, 0.4) is 0 Å². The van der Waals surface area contributed by atoms with Crippen LogP contribution >= 0.6 is 11.3 Å². The Hall–Kier alpha value is -4.17. The van der Waals surface area contributed by atoms with Gasteiger partial charge in [-0.1, -0.05) is 6.07 Å². The van der Waals surface area contributed by atoms with E-state index >= 15 is 0 Å². The fourth-order valence-electron chi connectivity index (χ4n) is 3.25. The van der Waals surface area contributed by atoms with E-state index in [0.29, 0.717) is 17.2 Å². The highest BCUT2D eigenvalue weighted by atomic mass is 32.1. The molecule has 0 aliphatic carbocycles. The van der Waals surface area contributed by atoms with Crippen LogP contribution in [0.15, 0.2) is 78.7 Å². The maximum absolute atomic E-state index is 12.8. The number of aromatic nitrogens is 4. The average molecular weight is 439 g/mol. The first-order chi connectivity index (χ1) is 15.7. The number of carbonyl (C=O) groups is 1. The summed E-state index contributed by atoms with van der Waals surface area (Å²) >= 11 is 1.51. The van der Waals surface area contributed by atoms with E-state index < -0.39 is 0 Å². The lowest BCUT2D eigenvalue weighted by Gasteiger charge is -2.12. The van der Waals surface area contributed by atoms with Crippen LogP contribution in [0.1, 0.15) is 15.9 Å². The molecule has 8 heteroatoms. The number of nitrogens with one attached hydrogen (secondary N) is 2. The Morgan fingerprint density at radius 3 is 2.81 bits per heavy atom. The van der Waals surface area contributed by atoms with E-state index in [9.17, 15) is 4.79 Å². The first-order valence-electron chi connectivity index (χ1n) is 9.91. The van der Waals surface area contributed by atoms with E-state index in [1.54, 1.807) is 30.2 Å². The molecule has 0 saturated carbocycles. The fourth-order valence-corrected chi connectivity index (χ4v) is 3.96. The van der Waals surface area contributed by atoms with Gasteiger partial charge in [0, 0.05) is 41.1 Å². The van der Waals surface area contributed by atoms with Crippen LogP contribution in [0.5, 0.6) is 0 Å². The summed E-state index contributed by atoms with van der Waals surface area (Å²) in [6.07, 6.45) is 5.19. The molecular formula is C24H18N6OS. The topological polar surface area (TPSA) is 92.7 Å². The summed E-state index contributed by atoms with van der Waals surface area (Å²) in [6, 6.07) is 16.8. The predicted octanol–water partition coefficient (Wildman–Crippen LogP) is 5.45. The number of rotatable bonds is 5. The molecule has 0 fully saturated rings. The number of nitrogens with zero attached hydrogens (tertiary/aromatic N) is 4. The summed E-state index contributed by atoms with van der Waals surface area (Å²) in [4.78, 5) is 30.1. The number of benzene rings is 2. The molecule has 2 aromatic carbocycles. The lowest BCUT2D eigenvalue weighted by Crippen LogP contribution is -2.12. The van der Waals surface area contributed by atoms with Gasteiger partial charge in [0.1, 0.15) is 0 Å². The molecule has 0 atom stereocenters. The molecule has 2 N–H and O–H groups in total. The minimum atomic E-state index is -0.176. The van der Waals surface area contributed by atoms with Gasteiger partial charge in [-0.3, -0.25) is 9.78 Å². The molecular weight excluding hydrogens is 420 g/mol. The highest BCUT2D eigenvalue weighted by molar-refractivity contribution is 7.16. The number of carbonyl (C=O) groups excluding carboxylic acids is 1. The molecule has 0 spiro atoms. The summed E-state index contributed by atoms with van der Waals surface area (Å²) < 4.78 is 0.981. The van der Waals surface area contributed by atoms with Crippen LogP contribution in [-0.2, 0) is 0 Å². The average Bonchev–Trinajstić information content (AvgIpc) is 3.30. The molecule has 0 radical (unpaired) electrons. The fraction of sp³-hybridized carbons (Fsp3) is 0.0417. The second kappa shape index (κ2) is 8.52. The van der Waals surface area contributed by atoms with Gasteiger partial charge >= 0.3 is 0 Å². The number of hydrogen-bond donors (Lipinski definition) is 2. The molecule has 0 aliphatic heterocycles. The molecule has 3 heterocycles. The van der Waals surface area contributed by atoms with Gasteiger partial charge in [-0.2, -0.15) is 0 Å². The Labute approximate surface area is 188 Å². The van der Waals surface area contributed by atoms with Gasteiger partial charge < -0.3 is 10.6 Å².